The first kappa shape index (κ1) is 28.2. The Morgan fingerprint density at radius 3 is 2.16 bits per heavy atom. The van der Waals surface area contributed by atoms with Crippen LogP contribution in [0.3, 0.4) is 0 Å². The molecule has 0 spiro atoms. The Balaban J connectivity index is 3.43. The van der Waals surface area contributed by atoms with Crippen molar-refractivity contribution in [3.63, 3.8) is 0 Å². The highest BCUT2D eigenvalue weighted by Gasteiger charge is 2.43. The summed E-state index contributed by atoms with van der Waals surface area (Å²) < 4.78 is 64.2. The molecule has 1 aliphatic rings. The van der Waals surface area contributed by atoms with Crippen molar-refractivity contribution in [3.05, 3.63) is 11.6 Å². The molecule has 1 rings (SSSR count). The standard InChI is InChI=1S/C19H36NO9PS/c1-7-15(8-2)28-16-12-14(19(21)25-9-3)13-17(29-31(6,23)24)18(16)20-30(22,26-10-4)27-11-5/h12,15-18H,7-11,13H2,1-6H3,(H,20,22)/t16-,17?,18?/m1/s1. The van der Waals surface area contributed by atoms with E-state index in [1.807, 2.05) is 13.8 Å². The highest BCUT2D eigenvalue weighted by atomic mass is 32.2. The van der Waals surface area contributed by atoms with E-state index in [2.05, 4.69) is 5.09 Å². The smallest absolute Gasteiger partial charge is 0.405 e. The quantitative estimate of drug-likeness (QED) is 0.223. The molecule has 0 heterocycles. The first-order valence-electron chi connectivity index (χ1n) is 10.6. The number of hydrogen-bond acceptors (Lipinski definition) is 9. The van der Waals surface area contributed by atoms with Crippen LogP contribution in [-0.2, 0) is 42.2 Å². The zero-order chi connectivity index (χ0) is 23.7. The number of esters is 1. The van der Waals surface area contributed by atoms with Crippen molar-refractivity contribution in [2.75, 3.05) is 26.1 Å². The molecule has 0 amide bonds. The minimum absolute atomic E-state index is 0.0788. The predicted molar refractivity (Wildman–Crippen MR) is 116 cm³/mol. The van der Waals surface area contributed by atoms with Gasteiger partial charge in [-0.2, -0.15) is 8.42 Å². The van der Waals surface area contributed by atoms with Gasteiger partial charge in [0.2, 0.25) is 0 Å². The van der Waals surface area contributed by atoms with E-state index in [1.165, 1.54) is 0 Å². The van der Waals surface area contributed by atoms with Gasteiger partial charge < -0.3 is 9.47 Å². The number of nitrogens with one attached hydrogen (secondary N) is 1. The molecule has 31 heavy (non-hydrogen) atoms. The van der Waals surface area contributed by atoms with E-state index in [-0.39, 0.29) is 37.9 Å². The van der Waals surface area contributed by atoms with Crippen LogP contribution in [0.4, 0.5) is 0 Å². The second kappa shape index (κ2) is 13.0. The summed E-state index contributed by atoms with van der Waals surface area (Å²) in [6, 6.07) is -0.919. The van der Waals surface area contributed by atoms with E-state index in [0.29, 0.717) is 12.8 Å². The molecule has 1 N–H and O–H groups in total. The monoisotopic (exact) mass is 485 g/mol. The number of carbonyl (C=O) groups is 1. The van der Waals surface area contributed by atoms with Gasteiger partial charge in [-0.15, -0.1) is 0 Å². The lowest BCUT2D eigenvalue weighted by atomic mass is 9.90. The van der Waals surface area contributed by atoms with Crippen molar-refractivity contribution in [1.29, 1.82) is 0 Å². The molecule has 0 aromatic heterocycles. The molecule has 0 saturated carbocycles. The van der Waals surface area contributed by atoms with Crippen LogP contribution in [0.2, 0.25) is 0 Å². The summed E-state index contributed by atoms with van der Waals surface area (Å²) >= 11 is 0. The largest absolute Gasteiger partial charge is 0.463 e. The first-order valence-corrected chi connectivity index (χ1v) is 14.0. The van der Waals surface area contributed by atoms with Crippen LogP contribution in [0, 0.1) is 0 Å². The summed E-state index contributed by atoms with van der Waals surface area (Å²) in [6.07, 6.45) is 1.68. The minimum atomic E-state index is -3.91. The Kier molecular flexibility index (Phi) is 11.9. The summed E-state index contributed by atoms with van der Waals surface area (Å²) in [7, 11) is -7.70. The van der Waals surface area contributed by atoms with Crippen molar-refractivity contribution >= 4 is 23.8 Å². The maximum absolute atomic E-state index is 13.2. The van der Waals surface area contributed by atoms with E-state index in [9.17, 15) is 17.8 Å². The van der Waals surface area contributed by atoms with Crippen LogP contribution in [0.1, 0.15) is 53.9 Å². The Hall–Kier alpha value is -0.810. The fourth-order valence-corrected chi connectivity index (χ4v) is 5.46. The van der Waals surface area contributed by atoms with Gasteiger partial charge in [0.1, 0.15) is 0 Å². The van der Waals surface area contributed by atoms with Crippen molar-refractivity contribution < 1.29 is 40.5 Å². The van der Waals surface area contributed by atoms with Crippen LogP contribution in [-0.4, -0.2) is 64.8 Å². The molecule has 182 valence electrons. The topological polar surface area (TPSA) is 126 Å². The van der Waals surface area contributed by atoms with E-state index in [0.717, 1.165) is 6.26 Å². The van der Waals surface area contributed by atoms with E-state index < -0.39 is 42.1 Å². The lowest BCUT2D eigenvalue weighted by Gasteiger charge is -2.38. The van der Waals surface area contributed by atoms with Crippen molar-refractivity contribution in [3.8, 4) is 0 Å². The normalized spacial score (nSPS) is 22.4. The van der Waals surface area contributed by atoms with Crippen LogP contribution in [0.5, 0.6) is 0 Å². The third-order valence-electron chi connectivity index (χ3n) is 4.54. The van der Waals surface area contributed by atoms with Gasteiger partial charge >= 0.3 is 13.7 Å². The maximum Gasteiger partial charge on any atom is 0.405 e. The summed E-state index contributed by atoms with van der Waals surface area (Å²) in [6.45, 7) is 9.28. The molecular weight excluding hydrogens is 449 g/mol. The second-order valence-electron chi connectivity index (χ2n) is 6.98. The van der Waals surface area contributed by atoms with Gasteiger partial charge in [-0.3, -0.25) is 13.2 Å². The highest BCUT2D eigenvalue weighted by Crippen LogP contribution is 2.46. The molecule has 0 fully saturated rings. The van der Waals surface area contributed by atoms with E-state index in [1.54, 1.807) is 26.8 Å². The summed E-state index contributed by atoms with van der Waals surface area (Å²) in [5.41, 5.74) is 0.229. The molecule has 0 bridgehead atoms. The van der Waals surface area contributed by atoms with Crippen LogP contribution >= 0.6 is 7.75 Å². The summed E-state index contributed by atoms with van der Waals surface area (Å²) in [5.74, 6) is -0.584. The first-order chi connectivity index (χ1) is 14.5. The van der Waals surface area contributed by atoms with Gasteiger partial charge in [0.15, 0.2) is 0 Å². The SMILES string of the molecule is CCOC(=O)C1=C[C@@H](OC(CC)CC)C(NP(=O)(OCC)OCC)C(OS(C)(=O)=O)C1. The third kappa shape index (κ3) is 9.29. The van der Waals surface area contributed by atoms with Gasteiger partial charge in [0, 0.05) is 12.0 Å². The molecule has 2 unspecified atom stereocenters. The molecular formula is C19H36NO9PS. The van der Waals surface area contributed by atoms with Gasteiger partial charge in [-0.1, -0.05) is 13.8 Å². The van der Waals surface area contributed by atoms with Crippen LogP contribution in [0.15, 0.2) is 11.6 Å². The molecule has 3 atom stereocenters. The zero-order valence-corrected chi connectivity index (χ0v) is 20.9. The summed E-state index contributed by atoms with van der Waals surface area (Å²) in [5, 5.41) is 2.80. The molecule has 0 aromatic rings. The Morgan fingerprint density at radius 2 is 1.71 bits per heavy atom. The third-order valence-corrected chi connectivity index (χ3v) is 6.95. The fraction of sp³-hybridized carbons (Fsp3) is 0.842. The van der Waals surface area contributed by atoms with Gasteiger partial charge in [0.25, 0.3) is 10.1 Å². The average molecular weight is 486 g/mol. The second-order valence-corrected chi connectivity index (χ2v) is 10.4. The number of rotatable bonds is 14. The fourth-order valence-electron chi connectivity index (χ4n) is 3.24. The van der Waals surface area contributed by atoms with E-state index in [4.69, 9.17) is 22.7 Å². The Labute approximate surface area is 185 Å². The Morgan fingerprint density at radius 1 is 1.13 bits per heavy atom. The van der Waals surface area contributed by atoms with Crippen molar-refractivity contribution in [1.82, 2.24) is 5.09 Å². The predicted octanol–water partition coefficient (Wildman–Crippen LogP) is 2.94. The molecule has 0 radical (unpaired) electrons. The number of hydrogen-bond donors (Lipinski definition) is 1. The van der Waals surface area contributed by atoms with Crippen molar-refractivity contribution in [2.45, 2.75) is 78.2 Å². The van der Waals surface area contributed by atoms with Gasteiger partial charge in [-0.05, 0) is 39.7 Å². The number of carbonyl (C=O) groups excluding carboxylic acids is 1. The molecule has 0 aliphatic heterocycles. The van der Waals surface area contributed by atoms with Gasteiger partial charge in [-0.25, -0.2) is 14.4 Å². The minimum Gasteiger partial charge on any atom is -0.463 e. The molecule has 1 aliphatic carbocycles. The maximum atomic E-state index is 13.2. The molecule has 10 nitrogen and oxygen atoms in total. The Bertz CT molecular complexity index is 741. The highest BCUT2D eigenvalue weighted by molar-refractivity contribution is 7.86. The van der Waals surface area contributed by atoms with Crippen LogP contribution in [0.25, 0.3) is 0 Å². The number of ether oxygens (including phenoxy) is 2. The van der Waals surface area contributed by atoms with E-state index >= 15 is 0 Å². The lowest BCUT2D eigenvalue weighted by molar-refractivity contribution is -0.139. The average Bonchev–Trinajstić information content (AvgIpc) is 2.67. The lowest BCUT2D eigenvalue weighted by Crippen LogP contribution is -2.53. The van der Waals surface area contributed by atoms with Gasteiger partial charge in [0.05, 0.1) is 50.4 Å². The molecule has 0 aromatic carbocycles. The molecule has 0 saturated heterocycles. The summed E-state index contributed by atoms with van der Waals surface area (Å²) in [4.78, 5) is 12.4. The molecule has 12 heteroatoms. The zero-order valence-electron chi connectivity index (χ0n) is 19.2. The van der Waals surface area contributed by atoms with Crippen LogP contribution < -0.4 is 5.09 Å². The van der Waals surface area contributed by atoms with Crippen molar-refractivity contribution in [2.24, 2.45) is 0 Å².